The predicted octanol–water partition coefficient (Wildman–Crippen LogP) is 1.38. The molecule has 0 fully saturated rings. The summed E-state index contributed by atoms with van der Waals surface area (Å²) in [6, 6.07) is 1.26. The maximum absolute atomic E-state index is 10.6. The largest absolute Gasteiger partial charge is 0.480 e. The SMILES string of the molecule is COc1nc(N=CN)c([N+](=O)[O-])cc1Br. The Morgan fingerprint density at radius 1 is 1.80 bits per heavy atom. The molecule has 0 bridgehead atoms. The Bertz CT molecular complexity index is 421. The van der Waals surface area contributed by atoms with E-state index in [1.807, 2.05) is 0 Å². The van der Waals surface area contributed by atoms with Gasteiger partial charge < -0.3 is 10.5 Å². The molecule has 8 heteroatoms. The normalized spacial score (nSPS) is 10.5. The van der Waals surface area contributed by atoms with Gasteiger partial charge in [-0.05, 0) is 15.9 Å². The first-order chi connectivity index (χ1) is 7.10. The van der Waals surface area contributed by atoms with Gasteiger partial charge in [0.1, 0.15) is 0 Å². The molecule has 0 aliphatic heterocycles. The molecule has 0 amide bonds. The van der Waals surface area contributed by atoms with Crippen molar-refractivity contribution < 1.29 is 9.66 Å². The Labute approximate surface area is 93.3 Å². The van der Waals surface area contributed by atoms with Gasteiger partial charge in [-0.2, -0.15) is 4.98 Å². The molecule has 0 aromatic carbocycles. The molecule has 2 N–H and O–H groups in total. The number of nitrogens with zero attached hydrogens (tertiary/aromatic N) is 3. The minimum Gasteiger partial charge on any atom is -0.480 e. The second kappa shape index (κ2) is 4.69. The predicted molar refractivity (Wildman–Crippen MR) is 57.5 cm³/mol. The van der Waals surface area contributed by atoms with Crippen molar-refractivity contribution in [2.45, 2.75) is 0 Å². The van der Waals surface area contributed by atoms with Crippen LogP contribution in [0.15, 0.2) is 15.5 Å². The van der Waals surface area contributed by atoms with Crippen LogP contribution in [-0.4, -0.2) is 23.4 Å². The molecule has 15 heavy (non-hydrogen) atoms. The molecule has 0 saturated heterocycles. The van der Waals surface area contributed by atoms with E-state index in [0.717, 1.165) is 6.34 Å². The number of methoxy groups -OCH3 is 1. The van der Waals surface area contributed by atoms with Crippen molar-refractivity contribution in [2.75, 3.05) is 7.11 Å². The molecular weight excluding hydrogens is 268 g/mol. The zero-order valence-electron chi connectivity index (χ0n) is 7.68. The maximum atomic E-state index is 10.6. The molecule has 0 unspecified atom stereocenters. The van der Waals surface area contributed by atoms with Crippen LogP contribution in [0.1, 0.15) is 0 Å². The minimum atomic E-state index is -0.598. The molecule has 0 radical (unpaired) electrons. The van der Waals surface area contributed by atoms with Crippen LogP contribution in [0.4, 0.5) is 11.5 Å². The number of aliphatic imine (C=N–C) groups is 1. The van der Waals surface area contributed by atoms with Gasteiger partial charge in [-0.25, -0.2) is 4.99 Å². The molecule has 1 heterocycles. The summed E-state index contributed by atoms with van der Waals surface area (Å²) in [7, 11) is 1.40. The van der Waals surface area contributed by atoms with Crippen molar-refractivity contribution in [3.05, 3.63) is 20.7 Å². The van der Waals surface area contributed by atoms with Gasteiger partial charge in [0, 0.05) is 6.07 Å². The molecule has 0 saturated carbocycles. The molecule has 1 aromatic heterocycles. The van der Waals surface area contributed by atoms with Crippen LogP contribution in [0.2, 0.25) is 0 Å². The summed E-state index contributed by atoms with van der Waals surface area (Å²) in [6.45, 7) is 0. The summed E-state index contributed by atoms with van der Waals surface area (Å²) in [4.78, 5) is 17.4. The average Bonchev–Trinajstić information content (AvgIpc) is 2.20. The van der Waals surface area contributed by atoms with Gasteiger partial charge in [-0.15, -0.1) is 0 Å². The standard InChI is InChI=1S/C7H7BrN4O3/c1-15-7-4(8)2-5(12(13)14)6(11-7)10-3-9/h2-3H,1H3,(H2,9,10,11). The number of hydrogen-bond donors (Lipinski definition) is 1. The smallest absolute Gasteiger partial charge is 0.315 e. The van der Waals surface area contributed by atoms with Crippen LogP contribution in [0.25, 0.3) is 0 Å². The highest BCUT2D eigenvalue weighted by atomic mass is 79.9. The monoisotopic (exact) mass is 274 g/mol. The van der Waals surface area contributed by atoms with Gasteiger partial charge in [0.05, 0.1) is 22.8 Å². The Kier molecular flexibility index (Phi) is 3.56. The number of rotatable bonds is 3. The fourth-order valence-corrected chi connectivity index (χ4v) is 1.36. The van der Waals surface area contributed by atoms with Crippen molar-refractivity contribution in [3.63, 3.8) is 0 Å². The minimum absolute atomic E-state index is 0.0949. The maximum Gasteiger partial charge on any atom is 0.315 e. The second-order valence-electron chi connectivity index (χ2n) is 2.36. The fourth-order valence-electron chi connectivity index (χ4n) is 0.896. The molecule has 1 rings (SSSR count). The quantitative estimate of drug-likeness (QED) is 0.388. The third kappa shape index (κ3) is 2.40. The van der Waals surface area contributed by atoms with Crippen LogP contribution in [0.3, 0.4) is 0 Å². The van der Waals surface area contributed by atoms with Gasteiger partial charge in [0.2, 0.25) is 11.7 Å². The third-order valence-corrected chi connectivity index (χ3v) is 2.06. The number of nitrogens with two attached hydrogens (primary N) is 1. The lowest BCUT2D eigenvalue weighted by Gasteiger charge is -2.03. The summed E-state index contributed by atoms with van der Waals surface area (Å²) in [5.41, 5.74) is 4.81. The Morgan fingerprint density at radius 2 is 2.47 bits per heavy atom. The summed E-state index contributed by atoms with van der Waals surface area (Å²) in [5.74, 6) is 0.115. The third-order valence-electron chi connectivity index (χ3n) is 1.49. The van der Waals surface area contributed by atoms with Gasteiger partial charge in [0.25, 0.3) is 0 Å². The van der Waals surface area contributed by atoms with E-state index >= 15 is 0 Å². The first-order valence-electron chi connectivity index (χ1n) is 3.73. The Morgan fingerprint density at radius 3 is 2.93 bits per heavy atom. The van der Waals surface area contributed by atoms with Crippen molar-refractivity contribution in [2.24, 2.45) is 10.7 Å². The van der Waals surface area contributed by atoms with Gasteiger partial charge in [-0.1, -0.05) is 0 Å². The molecule has 80 valence electrons. The van der Waals surface area contributed by atoms with E-state index in [-0.39, 0.29) is 17.4 Å². The van der Waals surface area contributed by atoms with Crippen LogP contribution in [-0.2, 0) is 0 Å². The van der Waals surface area contributed by atoms with E-state index in [1.54, 1.807) is 0 Å². The van der Waals surface area contributed by atoms with Crippen molar-refractivity contribution in [1.29, 1.82) is 0 Å². The van der Waals surface area contributed by atoms with Crippen molar-refractivity contribution in [1.82, 2.24) is 4.98 Å². The summed E-state index contributed by atoms with van der Waals surface area (Å²) >= 11 is 3.09. The van der Waals surface area contributed by atoms with Crippen LogP contribution >= 0.6 is 15.9 Å². The number of pyridine rings is 1. The Balaban J connectivity index is 3.38. The number of halogens is 1. The number of aromatic nitrogens is 1. The first-order valence-corrected chi connectivity index (χ1v) is 4.52. The van der Waals surface area contributed by atoms with E-state index in [0.29, 0.717) is 4.47 Å². The lowest BCUT2D eigenvalue weighted by atomic mass is 10.4. The van der Waals surface area contributed by atoms with E-state index in [1.165, 1.54) is 13.2 Å². The van der Waals surface area contributed by atoms with Gasteiger partial charge in [0.15, 0.2) is 0 Å². The molecular formula is C7H7BrN4O3. The molecule has 7 nitrogen and oxygen atoms in total. The van der Waals surface area contributed by atoms with E-state index in [9.17, 15) is 10.1 Å². The van der Waals surface area contributed by atoms with Crippen LogP contribution < -0.4 is 10.5 Å². The van der Waals surface area contributed by atoms with E-state index in [2.05, 4.69) is 25.9 Å². The molecule has 0 atom stereocenters. The lowest BCUT2D eigenvalue weighted by molar-refractivity contribution is -0.384. The average molecular weight is 275 g/mol. The molecule has 0 spiro atoms. The molecule has 0 aliphatic rings. The van der Waals surface area contributed by atoms with Crippen molar-refractivity contribution in [3.8, 4) is 5.88 Å². The number of ether oxygens (including phenoxy) is 1. The molecule has 1 aromatic rings. The number of hydrogen-bond acceptors (Lipinski definition) is 5. The summed E-state index contributed by atoms with van der Waals surface area (Å²) in [5, 5.41) is 10.6. The van der Waals surface area contributed by atoms with E-state index in [4.69, 9.17) is 10.5 Å². The lowest BCUT2D eigenvalue weighted by Crippen LogP contribution is -1.96. The Hall–Kier alpha value is -1.70. The highest BCUT2D eigenvalue weighted by molar-refractivity contribution is 9.10. The van der Waals surface area contributed by atoms with Gasteiger partial charge >= 0.3 is 5.69 Å². The zero-order chi connectivity index (χ0) is 11.4. The second-order valence-corrected chi connectivity index (χ2v) is 3.21. The van der Waals surface area contributed by atoms with E-state index < -0.39 is 4.92 Å². The van der Waals surface area contributed by atoms with Gasteiger partial charge in [-0.3, -0.25) is 10.1 Å². The fraction of sp³-hybridized carbons (Fsp3) is 0.143. The first kappa shape index (κ1) is 11.4. The zero-order valence-corrected chi connectivity index (χ0v) is 9.26. The summed E-state index contributed by atoms with van der Waals surface area (Å²) in [6.07, 6.45) is 0.933. The number of nitro groups is 1. The van der Waals surface area contributed by atoms with Crippen molar-refractivity contribution >= 4 is 33.8 Å². The topological polar surface area (TPSA) is 104 Å². The summed E-state index contributed by atoms with van der Waals surface area (Å²) < 4.78 is 5.25. The highest BCUT2D eigenvalue weighted by Gasteiger charge is 2.18. The van der Waals surface area contributed by atoms with Crippen LogP contribution in [0, 0.1) is 10.1 Å². The molecule has 0 aliphatic carbocycles. The highest BCUT2D eigenvalue weighted by Crippen LogP contribution is 2.33. The van der Waals surface area contributed by atoms with Crippen LogP contribution in [0.5, 0.6) is 5.88 Å².